The summed E-state index contributed by atoms with van der Waals surface area (Å²) in [5, 5.41) is 15.9. The molecule has 7 heteroatoms. The normalized spacial score (nSPS) is 15.4. The number of para-hydroxylation sites is 1. The second-order valence-corrected chi connectivity index (χ2v) is 6.81. The minimum Gasteiger partial charge on any atom is -0.361 e. The van der Waals surface area contributed by atoms with E-state index in [0.717, 1.165) is 43.6 Å². The van der Waals surface area contributed by atoms with E-state index in [4.69, 9.17) is 0 Å². The van der Waals surface area contributed by atoms with Crippen LogP contribution >= 0.6 is 0 Å². The number of aromatic nitrogens is 4. The predicted octanol–water partition coefficient (Wildman–Crippen LogP) is 1.96. The van der Waals surface area contributed by atoms with Crippen molar-refractivity contribution in [3.05, 3.63) is 47.4 Å². The summed E-state index contributed by atoms with van der Waals surface area (Å²) in [7, 11) is 0. The van der Waals surface area contributed by atoms with Crippen molar-refractivity contribution >= 4 is 16.8 Å². The van der Waals surface area contributed by atoms with Gasteiger partial charge in [-0.1, -0.05) is 23.4 Å². The third-order valence-corrected chi connectivity index (χ3v) is 5.15. The van der Waals surface area contributed by atoms with Gasteiger partial charge in [-0.15, -0.1) is 5.10 Å². The van der Waals surface area contributed by atoms with E-state index in [9.17, 15) is 4.79 Å². The van der Waals surface area contributed by atoms with Crippen molar-refractivity contribution in [1.29, 1.82) is 0 Å². The van der Waals surface area contributed by atoms with E-state index in [0.29, 0.717) is 18.3 Å². The molecule has 0 atom stereocenters. The van der Waals surface area contributed by atoms with Crippen molar-refractivity contribution in [3.8, 4) is 0 Å². The van der Waals surface area contributed by atoms with Crippen LogP contribution in [0.3, 0.4) is 0 Å². The maximum Gasteiger partial charge on any atom is 0.273 e. The topological polar surface area (TPSA) is 87.6 Å². The minimum absolute atomic E-state index is 0.150. The molecule has 1 amide bonds. The first kappa shape index (κ1) is 16.8. The van der Waals surface area contributed by atoms with Gasteiger partial charge in [-0.25, -0.2) is 4.68 Å². The molecule has 4 rings (SSSR count). The van der Waals surface area contributed by atoms with Crippen molar-refractivity contribution in [2.75, 3.05) is 19.6 Å². The molecule has 26 heavy (non-hydrogen) atoms. The lowest BCUT2D eigenvalue weighted by atomic mass is 10.1. The summed E-state index contributed by atoms with van der Waals surface area (Å²) >= 11 is 0. The van der Waals surface area contributed by atoms with Crippen molar-refractivity contribution in [2.45, 2.75) is 32.2 Å². The lowest BCUT2D eigenvalue weighted by Crippen LogP contribution is -2.30. The van der Waals surface area contributed by atoms with Crippen LogP contribution in [0.2, 0.25) is 0 Å². The smallest absolute Gasteiger partial charge is 0.273 e. The first-order chi connectivity index (χ1) is 12.7. The van der Waals surface area contributed by atoms with Crippen LogP contribution < -0.4 is 10.6 Å². The maximum absolute atomic E-state index is 12.5. The van der Waals surface area contributed by atoms with Gasteiger partial charge in [0.05, 0.1) is 11.7 Å². The van der Waals surface area contributed by atoms with Crippen LogP contribution in [0, 0.1) is 6.92 Å². The van der Waals surface area contributed by atoms with E-state index in [1.165, 1.54) is 10.9 Å². The van der Waals surface area contributed by atoms with Gasteiger partial charge in [0.15, 0.2) is 5.69 Å². The summed E-state index contributed by atoms with van der Waals surface area (Å²) in [4.78, 5) is 15.8. The van der Waals surface area contributed by atoms with Crippen LogP contribution in [0.4, 0.5) is 0 Å². The largest absolute Gasteiger partial charge is 0.361 e. The quantitative estimate of drug-likeness (QED) is 0.655. The number of amides is 1. The van der Waals surface area contributed by atoms with Gasteiger partial charge in [0, 0.05) is 23.6 Å². The highest BCUT2D eigenvalue weighted by atomic mass is 16.2. The lowest BCUT2D eigenvalue weighted by Gasteiger charge is -2.23. The number of hydrogen-bond acceptors (Lipinski definition) is 4. The Labute approximate surface area is 152 Å². The highest BCUT2D eigenvalue weighted by Gasteiger charge is 2.22. The lowest BCUT2D eigenvalue weighted by molar-refractivity contribution is 0.0948. The number of hydrogen-bond donors (Lipinski definition) is 3. The van der Waals surface area contributed by atoms with Gasteiger partial charge in [0.1, 0.15) is 0 Å². The van der Waals surface area contributed by atoms with Gasteiger partial charge in [0.25, 0.3) is 5.91 Å². The standard InChI is InChI=1S/C19H24N6O/c1-13-18(23-24-25(13)15-7-9-20-10-8-15)19(26)21-11-6-14-12-22-17-5-3-2-4-16(14)17/h2-5,12,15,20,22H,6-11H2,1H3,(H,21,26). The van der Waals surface area contributed by atoms with Crippen molar-refractivity contribution in [1.82, 2.24) is 30.6 Å². The second-order valence-electron chi connectivity index (χ2n) is 6.81. The zero-order chi connectivity index (χ0) is 17.9. The Bertz CT molecular complexity index is 906. The predicted molar refractivity (Wildman–Crippen MR) is 100 cm³/mol. The molecule has 1 aliphatic heterocycles. The Morgan fingerprint density at radius 3 is 2.96 bits per heavy atom. The van der Waals surface area contributed by atoms with E-state index in [-0.39, 0.29) is 5.91 Å². The molecule has 136 valence electrons. The Morgan fingerprint density at radius 1 is 1.31 bits per heavy atom. The summed E-state index contributed by atoms with van der Waals surface area (Å²) in [6.07, 6.45) is 4.82. The third-order valence-electron chi connectivity index (χ3n) is 5.15. The molecule has 0 unspecified atom stereocenters. The first-order valence-electron chi connectivity index (χ1n) is 9.19. The first-order valence-corrected chi connectivity index (χ1v) is 9.19. The van der Waals surface area contributed by atoms with Crippen LogP contribution in [0.25, 0.3) is 10.9 Å². The molecule has 0 saturated carbocycles. The van der Waals surface area contributed by atoms with Gasteiger partial charge in [0.2, 0.25) is 0 Å². The van der Waals surface area contributed by atoms with E-state index >= 15 is 0 Å². The second kappa shape index (κ2) is 7.29. The number of rotatable bonds is 5. The number of H-pyrrole nitrogens is 1. The van der Waals surface area contributed by atoms with Crippen molar-refractivity contribution < 1.29 is 4.79 Å². The summed E-state index contributed by atoms with van der Waals surface area (Å²) in [6, 6.07) is 8.52. The van der Waals surface area contributed by atoms with E-state index in [1.807, 2.05) is 29.9 Å². The van der Waals surface area contributed by atoms with Gasteiger partial charge in [-0.3, -0.25) is 4.79 Å². The molecule has 1 saturated heterocycles. The van der Waals surface area contributed by atoms with Gasteiger partial charge < -0.3 is 15.6 Å². The van der Waals surface area contributed by atoms with Crippen LogP contribution in [-0.4, -0.2) is 45.5 Å². The number of nitrogens with zero attached hydrogens (tertiary/aromatic N) is 3. The minimum atomic E-state index is -0.150. The zero-order valence-electron chi connectivity index (χ0n) is 15.0. The van der Waals surface area contributed by atoms with Crippen molar-refractivity contribution in [2.24, 2.45) is 0 Å². The van der Waals surface area contributed by atoms with Crippen LogP contribution in [0.1, 0.15) is 40.6 Å². The fourth-order valence-corrected chi connectivity index (χ4v) is 3.68. The number of benzene rings is 1. The van der Waals surface area contributed by atoms with Crippen molar-refractivity contribution in [3.63, 3.8) is 0 Å². The number of nitrogens with one attached hydrogen (secondary N) is 3. The number of fused-ring (bicyclic) bond motifs is 1. The fourth-order valence-electron chi connectivity index (χ4n) is 3.68. The highest BCUT2D eigenvalue weighted by Crippen LogP contribution is 2.20. The molecular formula is C19H24N6O. The zero-order valence-corrected chi connectivity index (χ0v) is 15.0. The molecule has 3 heterocycles. The Kier molecular flexibility index (Phi) is 4.71. The van der Waals surface area contributed by atoms with E-state index < -0.39 is 0 Å². The van der Waals surface area contributed by atoms with Gasteiger partial charge in [-0.05, 0) is 50.9 Å². The Morgan fingerprint density at radius 2 is 2.12 bits per heavy atom. The summed E-state index contributed by atoms with van der Waals surface area (Å²) in [6.45, 7) is 4.46. The third kappa shape index (κ3) is 3.22. The SMILES string of the molecule is Cc1c(C(=O)NCCc2c[nH]c3ccccc23)nnn1C1CCNCC1. The molecule has 1 aromatic carbocycles. The highest BCUT2D eigenvalue weighted by molar-refractivity contribution is 5.93. The molecule has 2 aromatic heterocycles. The van der Waals surface area contributed by atoms with E-state index in [1.54, 1.807) is 0 Å². The fraction of sp³-hybridized carbons (Fsp3) is 0.421. The molecule has 3 aromatic rings. The van der Waals surface area contributed by atoms with E-state index in [2.05, 4.69) is 38.1 Å². The number of carbonyl (C=O) groups excluding carboxylic acids is 1. The number of aromatic amines is 1. The summed E-state index contributed by atoms with van der Waals surface area (Å²) in [5.41, 5.74) is 3.61. The molecular weight excluding hydrogens is 328 g/mol. The molecule has 7 nitrogen and oxygen atoms in total. The average molecular weight is 352 g/mol. The monoisotopic (exact) mass is 352 g/mol. The molecule has 1 aliphatic rings. The Hall–Kier alpha value is -2.67. The van der Waals surface area contributed by atoms with Crippen LogP contribution in [0.15, 0.2) is 30.5 Å². The number of carbonyl (C=O) groups is 1. The van der Waals surface area contributed by atoms with Gasteiger partial charge in [-0.2, -0.15) is 0 Å². The molecule has 0 bridgehead atoms. The molecule has 0 spiro atoms. The Balaban J connectivity index is 1.38. The average Bonchev–Trinajstić information content (AvgIpc) is 3.26. The molecule has 0 aliphatic carbocycles. The molecule has 1 fully saturated rings. The summed E-state index contributed by atoms with van der Waals surface area (Å²) in [5.74, 6) is -0.150. The van der Waals surface area contributed by atoms with Gasteiger partial charge >= 0.3 is 0 Å². The summed E-state index contributed by atoms with van der Waals surface area (Å²) < 4.78 is 1.91. The molecule has 0 radical (unpaired) electrons. The maximum atomic E-state index is 12.5. The molecule has 3 N–H and O–H groups in total. The van der Waals surface area contributed by atoms with Crippen LogP contribution in [0.5, 0.6) is 0 Å². The number of piperidine rings is 1. The van der Waals surface area contributed by atoms with Crippen LogP contribution in [-0.2, 0) is 6.42 Å².